The molecule has 0 spiro atoms. The number of aromatic nitrogens is 2. The van der Waals surface area contributed by atoms with Gasteiger partial charge in [-0.15, -0.1) is 0 Å². The van der Waals surface area contributed by atoms with Crippen LogP contribution < -0.4 is 4.72 Å². The summed E-state index contributed by atoms with van der Waals surface area (Å²) in [6, 6.07) is 0. The Morgan fingerprint density at radius 3 is 2.33 bits per heavy atom. The molecule has 1 rings (SSSR count). The average molecular weight is 317 g/mol. The molecule has 7 nitrogen and oxygen atoms in total. The van der Waals surface area contributed by atoms with Crippen molar-refractivity contribution in [2.45, 2.75) is 39.0 Å². The van der Waals surface area contributed by atoms with Gasteiger partial charge in [0.15, 0.2) is 0 Å². The van der Waals surface area contributed by atoms with Gasteiger partial charge in [-0.3, -0.25) is 9.48 Å². The van der Waals surface area contributed by atoms with Gasteiger partial charge < -0.3 is 5.11 Å². The van der Waals surface area contributed by atoms with Crippen molar-refractivity contribution in [1.29, 1.82) is 0 Å². The zero-order valence-electron chi connectivity index (χ0n) is 13.0. The number of hydrogen-bond acceptors (Lipinski definition) is 4. The molecule has 0 aromatic carbocycles. The molecule has 8 heteroatoms. The zero-order chi connectivity index (χ0) is 16.4. The van der Waals surface area contributed by atoms with Gasteiger partial charge in [-0.2, -0.15) is 5.10 Å². The fourth-order valence-electron chi connectivity index (χ4n) is 2.27. The number of carboxylic acids is 1. The maximum absolute atomic E-state index is 12.3. The normalized spacial score (nSPS) is 13.6. The van der Waals surface area contributed by atoms with Crippen molar-refractivity contribution < 1.29 is 18.3 Å². The van der Waals surface area contributed by atoms with E-state index in [9.17, 15) is 13.2 Å². The van der Waals surface area contributed by atoms with Gasteiger partial charge >= 0.3 is 5.97 Å². The van der Waals surface area contributed by atoms with Crippen LogP contribution in [0, 0.1) is 25.7 Å². The lowest BCUT2D eigenvalue weighted by Crippen LogP contribution is -2.34. The van der Waals surface area contributed by atoms with E-state index in [4.69, 9.17) is 5.11 Å². The van der Waals surface area contributed by atoms with Gasteiger partial charge in [0, 0.05) is 13.6 Å². The Labute approximate surface area is 125 Å². The number of rotatable bonds is 7. The third-order valence-electron chi connectivity index (χ3n) is 3.34. The summed E-state index contributed by atoms with van der Waals surface area (Å²) in [5, 5.41) is 13.2. The van der Waals surface area contributed by atoms with Gasteiger partial charge in [0.05, 0.1) is 17.3 Å². The molecule has 1 heterocycles. The minimum absolute atomic E-state index is 0.121. The summed E-state index contributed by atoms with van der Waals surface area (Å²) in [6.45, 7) is 6.96. The van der Waals surface area contributed by atoms with Crippen LogP contribution in [0.25, 0.3) is 0 Å². The molecule has 1 unspecified atom stereocenters. The van der Waals surface area contributed by atoms with Crippen LogP contribution in [0.3, 0.4) is 0 Å². The van der Waals surface area contributed by atoms with E-state index in [1.807, 2.05) is 13.8 Å². The Morgan fingerprint density at radius 1 is 1.38 bits per heavy atom. The van der Waals surface area contributed by atoms with E-state index < -0.39 is 21.9 Å². The second kappa shape index (κ2) is 6.57. The molecule has 1 atom stereocenters. The number of nitrogens with zero attached hydrogens (tertiary/aromatic N) is 2. The van der Waals surface area contributed by atoms with Crippen molar-refractivity contribution in [2.24, 2.45) is 18.9 Å². The molecule has 0 radical (unpaired) electrons. The first-order valence-corrected chi connectivity index (χ1v) is 8.27. The molecule has 21 heavy (non-hydrogen) atoms. The SMILES string of the molecule is Cc1nn(C)c(C)c1S(=O)(=O)NCC(CC(C)C)C(=O)O. The Balaban J connectivity index is 2.92. The molecule has 0 saturated carbocycles. The van der Waals surface area contributed by atoms with E-state index in [1.165, 1.54) is 4.68 Å². The van der Waals surface area contributed by atoms with Crippen molar-refractivity contribution in [3.8, 4) is 0 Å². The third-order valence-corrected chi connectivity index (χ3v) is 5.01. The van der Waals surface area contributed by atoms with E-state index in [-0.39, 0.29) is 17.4 Å². The van der Waals surface area contributed by atoms with Gasteiger partial charge in [0.2, 0.25) is 10.0 Å². The quantitative estimate of drug-likeness (QED) is 0.783. The second-order valence-corrected chi connectivity index (χ2v) is 7.34. The summed E-state index contributed by atoms with van der Waals surface area (Å²) in [6.07, 6.45) is 0.420. The fraction of sp³-hybridized carbons (Fsp3) is 0.692. The lowest BCUT2D eigenvalue weighted by atomic mass is 9.98. The number of sulfonamides is 1. The Bertz CT molecular complexity index is 620. The maximum Gasteiger partial charge on any atom is 0.307 e. The number of carboxylic acid groups (broad SMARTS) is 1. The summed E-state index contributed by atoms with van der Waals surface area (Å²) < 4.78 is 28.6. The lowest BCUT2D eigenvalue weighted by Gasteiger charge is -2.15. The minimum atomic E-state index is -3.76. The highest BCUT2D eigenvalue weighted by molar-refractivity contribution is 7.89. The predicted molar refractivity (Wildman–Crippen MR) is 78.5 cm³/mol. The number of aryl methyl sites for hydroxylation is 2. The molecular formula is C13H23N3O4S. The lowest BCUT2D eigenvalue weighted by molar-refractivity contribution is -0.142. The number of nitrogens with one attached hydrogen (secondary N) is 1. The summed E-state index contributed by atoms with van der Waals surface area (Å²) >= 11 is 0. The predicted octanol–water partition coefficient (Wildman–Crippen LogP) is 1.06. The molecule has 2 N–H and O–H groups in total. The Morgan fingerprint density at radius 2 is 1.95 bits per heavy atom. The summed E-state index contributed by atoms with van der Waals surface area (Å²) in [7, 11) is -2.09. The van der Waals surface area contributed by atoms with E-state index >= 15 is 0 Å². The van der Waals surface area contributed by atoms with E-state index in [0.717, 1.165) is 0 Å². The van der Waals surface area contributed by atoms with E-state index in [1.54, 1.807) is 20.9 Å². The van der Waals surface area contributed by atoms with Crippen LogP contribution in [0.15, 0.2) is 4.90 Å². The second-order valence-electron chi connectivity index (χ2n) is 5.64. The van der Waals surface area contributed by atoms with Gasteiger partial charge in [0.1, 0.15) is 4.90 Å². The summed E-state index contributed by atoms with van der Waals surface area (Å²) in [5.41, 5.74) is 0.925. The number of hydrogen-bond donors (Lipinski definition) is 2. The fourth-order valence-corrected chi connectivity index (χ4v) is 3.78. The first-order valence-electron chi connectivity index (χ1n) is 6.79. The van der Waals surface area contributed by atoms with Crippen LogP contribution in [-0.4, -0.2) is 35.8 Å². The van der Waals surface area contributed by atoms with Crippen LogP contribution in [0.2, 0.25) is 0 Å². The first kappa shape index (κ1) is 17.6. The summed E-state index contributed by atoms with van der Waals surface area (Å²) in [4.78, 5) is 11.3. The van der Waals surface area contributed by atoms with Crippen LogP contribution in [0.1, 0.15) is 31.7 Å². The molecule has 1 aromatic rings. The zero-order valence-corrected chi connectivity index (χ0v) is 13.9. The number of carbonyl (C=O) groups is 1. The highest BCUT2D eigenvalue weighted by Gasteiger charge is 2.26. The van der Waals surface area contributed by atoms with Crippen molar-refractivity contribution >= 4 is 16.0 Å². The van der Waals surface area contributed by atoms with Crippen LogP contribution in [-0.2, 0) is 21.9 Å². The molecule has 0 bridgehead atoms. The monoisotopic (exact) mass is 317 g/mol. The van der Waals surface area contributed by atoms with Gasteiger partial charge in [-0.1, -0.05) is 13.8 Å². The van der Waals surface area contributed by atoms with Crippen molar-refractivity contribution in [3.63, 3.8) is 0 Å². The third kappa shape index (κ3) is 4.28. The minimum Gasteiger partial charge on any atom is -0.481 e. The van der Waals surface area contributed by atoms with Crippen LogP contribution in [0.5, 0.6) is 0 Å². The topological polar surface area (TPSA) is 101 Å². The van der Waals surface area contributed by atoms with Crippen LogP contribution >= 0.6 is 0 Å². The Hall–Kier alpha value is -1.41. The van der Waals surface area contributed by atoms with Crippen LogP contribution in [0.4, 0.5) is 0 Å². The Kier molecular flexibility index (Phi) is 5.52. The highest BCUT2D eigenvalue weighted by Crippen LogP contribution is 2.19. The highest BCUT2D eigenvalue weighted by atomic mass is 32.2. The van der Waals surface area contributed by atoms with Crippen molar-refractivity contribution in [2.75, 3.05) is 6.54 Å². The van der Waals surface area contributed by atoms with Crippen molar-refractivity contribution in [3.05, 3.63) is 11.4 Å². The molecule has 120 valence electrons. The van der Waals surface area contributed by atoms with Gasteiger partial charge in [0.25, 0.3) is 0 Å². The molecule has 0 aliphatic rings. The van der Waals surface area contributed by atoms with E-state index in [0.29, 0.717) is 17.8 Å². The molecule has 0 saturated heterocycles. The summed E-state index contributed by atoms with van der Waals surface area (Å²) in [5.74, 6) is -1.56. The van der Waals surface area contributed by atoms with Gasteiger partial charge in [-0.25, -0.2) is 13.1 Å². The molecule has 0 fully saturated rings. The molecule has 1 aromatic heterocycles. The largest absolute Gasteiger partial charge is 0.481 e. The first-order chi connectivity index (χ1) is 9.56. The smallest absolute Gasteiger partial charge is 0.307 e. The van der Waals surface area contributed by atoms with Gasteiger partial charge in [-0.05, 0) is 26.2 Å². The maximum atomic E-state index is 12.3. The average Bonchev–Trinajstić information content (AvgIpc) is 2.58. The molecule has 0 aliphatic heterocycles. The molecule has 0 aliphatic carbocycles. The number of aliphatic carboxylic acids is 1. The van der Waals surface area contributed by atoms with E-state index in [2.05, 4.69) is 9.82 Å². The molecular weight excluding hydrogens is 294 g/mol. The standard InChI is InChI=1S/C13H23N3O4S/c1-8(2)6-11(13(17)18)7-14-21(19,20)12-9(3)15-16(5)10(12)4/h8,11,14H,6-7H2,1-5H3,(H,17,18). The van der Waals surface area contributed by atoms with Crippen molar-refractivity contribution in [1.82, 2.24) is 14.5 Å². The molecule has 0 amide bonds.